The zero-order valence-corrected chi connectivity index (χ0v) is 24.3. The molecule has 0 radical (unpaired) electrons. The van der Waals surface area contributed by atoms with Gasteiger partial charge in [0.1, 0.15) is 11.2 Å². The Morgan fingerprint density at radius 3 is 1.83 bits per heavy atom. The van der Waals surface area contributed by atoms with E-state index in [2.05, 4.69) is 15.0 Å². The van der Waals surface area contributed by atoms with Crippen molar-refractivity contribution in [2.45, 2.75) is 0 Å². The summed E-state index contributed by atoms with van der Waals surface area (Å²) < 4.78 is 126. The zero-order valence-electron chi connectivity index (χ0n) is 38.3. The highest BCUT2D eigenvalue weighted by Crippen LogP contribution is 2.38. The van der Waals surface area contributed by atoms with Crippen molar-refractivity contribution >= 4 is 32.7 Å². The Bertz CT molecular complexity index is 3330. The van der Waals surface area contributed by atoms with Crippen molar-refractivity contribution < 1.29 is 23.6 Å². The first-order chi connectivity index (χ1) is 29.1. The molecule has 0 saturated heterocycles. The maximum absolute atomic E-state index is 9.56. The van der Waals surface area contributed by atoms with Crippen LogP contribution in [-0.2, 0) is 0 Å². The molecule has 0 fully saturated rings. The summed E-state index contributed by atoms with van der Waals surface area (Å²) in [5.41, 5.74) is 1.57. The van der Waals surface area contributed by atoms with E-state index in [9.17, 15) is 1.37 Å². The van der Waals surface area contributed by atoms with Crippen molar-refractivity contribution in [2.24, 2.45) is 0 Å². The van der Waals surface area contributed by atoms with Gasteiger partial charge < -0.3 is 4.42 Å². The molecule has 0 saturated carbocycles. The van der Waals surface area contributed by atoms with E-state index in [0.29, 0.717) is 49.4 Å². The van der Waals surface area contributed by atoms with Crippen LogP contribution in [0.3, 0.4) is 0 Å². The summed E-state index contributed by atoms with van der Waals surface area (Å²) >= 11 is 0. The van der Waals surface area contributed by atoms with Crippen molar-refractivity contribution in [3.63, 3.8) is 0 Å². The van der Waals surface area contributed by atoms with Crippen LogP contribution in [-0.4, -0.2) is 15.0 Å². The third-order valence-corrected chi connectivity index (χ3v) is 7.77. The number of hydrogen-bond acceptors (Lipinski definition) is 4. The van der Waals surface area contributed by atoms with Crippen molar-refractivity contribution in [3.05, 3.63) is 163 Å². The summed E-state index contributed by atoms with van der Waals surface area (Å²) in [7, 11) is 0. The standard InChI is InChI=1S/C43H27N3O/c1-3-11-28(12-4-1)30-21-22-32-26-35(24-23-31(32)25-30)43-45-41(29-13-5-2-6-14-29)44-42(46-43)34-16-9-15-33(27-34)36-18-10-20-39-40(36)37-17-7-8-19-38(37)47-39/h1-27H/i1D,2D,3D,4D,5D,6D,9D,11D,12D,13D,14D,15D,16D,27D. The average molecular weight is 616 g/mol. The van der Waals surface area contributed by atoms with Crippen LogP contribution in [0.1, 0.15) is 19.2 Å². The molecule has 0 amide bonds. The summed E-state index contributed by atoms with van der Waals surface area (Å²) in [5, 5.41) is 2.52. The Hall–Kier alpha value is -6.39. The number of nitrogens with zero attached hydrogens (tertiary/aromatic N) is 3. The SMILES string of the molecule is [2H]c1c([2H])c([2H])c(-c2ccc3cc(-c4nc(-c5c([2H])c([2H])c([2H])c([2H])c5[2H])nc(-c5c([2H])c([2H])c([2H])c(-c6cccc7oc8ccccc8c67)c5[2H])n4)ccc3c2)c([2H])c1[2H]. The van der Waals surface area contributed by atoms with Gasteiger partial charge in [-0.05, 0) is 63.3 Å². The second-order valence-corrected chi connectivity index (χ2v) is 10.6. The van der Waals surface area contributed by atoms with Gasteiger partial charge in [-0.2, -0.15) is 0 Å². The number of rotatable bonds is 5. The maximum atomic E-state index is 9.56. The van der Waals surface area contributed by atoms with Gasteiger partial charge >= 0.3 is 0 Å². The second kappa shape index (κ2) is 11.2. The van der Waals surface area contributed by atoms with Crippen molar-refractivity contribution in [3.8, 4) is 56.4 Å². The van der Waals surface area contributed by atoms with Crippen LogP contribution in [0.25, 0.3) is 89.1 Å². The van der Waals surface area contributed by atoms with Crippen molar-refractivity contribution in [1.29, 1.82) is 0 Å². The first-order valence-electron chi connectivity index (χ1n) is 21.5. The Labute approximate surface area is 291 Å². The molecule has 47 heavy (non-hydrogen) atoms. The minimum atomic E-state index is -0.641. The number of aromatic nitrogens is 3. The third-order valence-electron chi connectivity index (χ3n) is 7.77. The molecule has 220 valence electrons. The minimum Gasteiger partial charge on any atom is -0.456 e. The van der Waals surface area contributed by atoms with Gasteiger partial charge in [0.15, 0.2) is 17.5 Å². The molecule has 0 N–H and O–H groups in total. The summed E-state index contributed by atoms with van der Waals surface area (Å²) in [6, 6.07) is 15.3. The monoisotopic (exact) mass is 615 g/mol. The van der Waals surface area contributed by atoms with Gasteiger partial charge in [0, 0.05) is 27.5 Å². The molecule has 0 atom stereocenters. The Morgan fingerprint density at radius 2 is 1.04 bits per heavy atom. The van der Waals surface area contributed by atoms with Crippen LogP contribution in [0.4, 0.5) is 0 Å². The molecule has 7 aromatic carbocycles. The topological polar surface area (TPSA) is 51.8 Å². The quantitative estimate of drug-likeness (QED) is 0.193. The van der Waals surface area contributed by atoms with Gasteiger partial charge in [0.25, 0.3) is 0 Å². The maximum Gasteiger partial charge on any atom is 0.164 e. The smallest absolute Gasteiger partial charge is 0.164 e. The van der Waals surface area contributed by atoms with Crippen molar-refractivity contribution in [1.82, 2.24) is 15.0 Å². The molecule has 2 aromatic heterocycles. The highest BCUT2D eigenvalue weighted by Gasteiger charge is 2.16. The largest absolute Gasteiger partial charge is 0.456 e. The van der Waals surface area contributed by atoms with Crippen LogP contribution < -0.4 is 0 Å². The zero-order chi connectivity index (χ0) is 43.3. The highest BCUT2D eigenvalue weighted by atomic mass is 16.3. The van der Waals surface area contributed by atoms with E-state index in [1.807, 2.05) is 18.2 Å². The van der Waals surface area contributed by atoms with E-state index in [1.54, 1.807) is 60.7 Å². The average Bonchev–Trinajstić information content (AvgIpc) is 3.65. The number of benzene rings is 7. The van der Waals surface area contributed by atoms with Gasteiger partial charge in [-0.3, -0.25) is 0 Å². The molecule has 4 nitrogen and oxygen atoms in total. The van der Waals surface area contributed by atoms with E-state index in [1.165, 1.54) is 0 Å². The molecular weight excluding hydrogens is 574 g/mol. The lowest BCUT2D eigenvalue weighted by atomic mass is 9.97. The number of hydrogen-bond donors (Lipinski definition) is 0. The Kier molecular flexibility index (Phi) is 3.87. The van der Waals surface area contributed by atoms with Gasteiger partial charge in [0.2, 0.25) is 0 Å². The lowest BCUT2D eigenvalue weighted by molar-refractivity contribution is 0.669. The third kappa shape index (κ3) is 4.93. The molecule has 0 unspecified atom stereocenters. The second-order valence-electron chi connectivity index (χ2n) is 10.6. The Morgan fingerprint density at radius 1 is 0.447 bits per heavy atom. The molecule has 0 spiro atoms. The summed E-state index contributed by atoms with van der Waals surface area (Å²) in [6.07, 6.45) is 0. The molecule has 9 aromatic rings. The molecule has 0 bridgehead atoms. The van der Waals surface area contributed by atoms with Crippen molar-refractivity contribution in [2.75, 3.05) is 0 Å². The van der Waals surface area contributed by atoms with Gasteiger partial charge in [-0.15, -0.1) is 0 Å². The van der Waals surface area contributed by atoms with E-state index in [0.717, 1.165) is 0 Å². The number of para-hydroxylation sites is 1. The van der Waals surface area contributed by atoms with Crippen LogP contribution in [0.15, 0.2) is 168 Å². The van der Waals surface area contributed by atoms with E-state index < -0.39 is 66.5 Å². The predicted octanol–water partition coefficient (Wildman–Crippen LogP) is 11.3. The fourth-order valence-electron chi connectivity index (χ4n) is 5.60. The number of fused-ring (bicyclic) bond motifs is 4. The lowest BCUT2D eigenvalue weighted by Crippen LogP contribution is -2.00. The fraction of sp³-hybridized carbons (Fsp3) is 0. The Balaban J connectivity index is 1.29. The minimum absolute atomic E-state index is 0.0000905. The fourth-order valence-corrected chi connectivity index (χ4v) is 5.60. The van der Waals surface area contributed by atoms with Crippen LogP contribution >= 0.6 is 0 Å². The first-order valence-corrected chi connectivity index (χ1v) is 14.5. The molecule has 2 heterocycles. The normalized spacial score (nSPS) is 15.6. The first kappa shape index (κ1) is 16.3. The molecule has 9 rings (SSSR count). The van der Waals surface area contributed by atoms with Gasteiger partial charge in [-0.1, -0.05) is 133 Å². The number of furan rings is 1. The molecule has 0 aliphatic rings. The predicted molar refractivity (Wildman–Crippen MR) is 192 cm³/mol. The van der Waals surface area contributed by atoms with Crippen LogP contribution in [0.5, 0.6) is 0 Å². The van der Waals surface area contributed by atoms with E-state index in [4.69, 9.17) is 22.2 Å². The molecule has 0 aliphatic carbocycles. The summed E-state index contributed by atoms with van der Waals surface area (Å²) in [6.45, 7) is 0. The van der Waals surface area contributed by atoms with Crippen LogP contribution in [0.2, 0.25) is 0 Å². The molecule has 4 heteroatoms. The summed E-state index contributed by atoms with van der Waals surface area (Å²) in [5.74, 6) is -0.760. The summed E-state index contributed by atoms with van der Waals surface area (Å²) in [4.78, 5) is 13.8. The van der Waals surface area contributed by atoms with E-state index in [-0.39, 0.29) is 57.9 Å². The van der Waals surface area contributed by atoms with Gasteiger partial charge in [-0.25, -0.2) is 15.0 Å². The van der Waals surface area contributed by atoms with Gasteiger partial charge in [0.05, 0.1) is 19.2 Å². The van der Waals surface area contributed by atoms with E-state index >= 15 is 0 Å². The molecule has 0 aliphatic heterocycles. The highest BCUT2D eigenvalue weighted by molar-refractivity contribution is 6.12. The lowest BCUT2D eigenvalue weighted by Gasteiger charge is -2.11. The molecular formula is C43H27N3O. The van der Waals surface area contributed by atoms with Crippen LogP contribution in [0, 0.1) is 0 Å².